The molecule has 1 amide bonds. The molecule has 2 heterocycles. The number of carbonyl (C=O) groups is 1. The van der Waals surface area contributed by atoms with E-state index in [9.17, 15) is 4.79 Å². The maximum Gasteiger partial charge on any atom is 0.254 e. The standard InChI is InChI=1S/C29H31N3O/c1-22-23(2)32(21-25-11-7-4-8-12-25)28-14-13-26(19-27(22)28)29(33)31-17-15-30(16-18-31)20-24-9-5-3-6-10-24/h3-14,19H,15-18,20-21H2,1-2H3/p+1. The molecule has 1 fully saturated rings. The van der Waals surface area contributed by atoms with Crippen LogP contribution in [0.5, 0.6) is 0 Å². The predicted molar refractivity (Wildman–Crippen MR) is 134 cm³/mol. The summed E-state index contributed by atoms with van der Waals surface area (Å²) < 4.78 is 2.36. The minimum atomic E-state index is 0.156. The molecule has 4 heteroatoms. The van der Waals surface area contributed by atoms with Crippen molar-refractivity contribution < 1.29 is 9.69 Å². The number of hydrogen-bond donors (Lipinski definition) is 1. The SMILES string of the molecule is Cc1c(C)n(Cc2ccccc2)c2ccc(C(=O)N3CC[NH+](Cc4ccccc4)CC3)cc12. The van der Waals surface area contributed by atoms with Crippen molar-refractivity contribution >= 4 is 16.8 Å². The number of hydrogen-bond acceptors (Lipinski definition) is 1. The zero-order chi connectivity index (χ0) is 22.8. The first-order valence-electron chi connectivity index (χ1n) is 11.9. The van der Waals surface area contributed by atoms with Crippen molar-refractivity contribution in [2.45, 2.75) is 26.9 Å². The van der Waals surface area contributed by atoms with Crippen LogP contribution in [0.2, 0.25) is 0 Å². The monoisotopic (exact) mass is 438 g/mol. The largest absolute Gasteiger partial charge is 0.340 e. The van der Waals surface area contributed by atoms with Gasteiger partial charge >= 0.3 is 0 Å². The summed E-state index contributed by atoms with van der Waals surface area (Å²) in [6, 6.07) is 27.4. The van der Waals surface area contributed by atoms with Crippen molar-refractivity contribution in [2.24, 2.45) is 0 Å². The molecule has 4 aromatic rings. The molecule has 0 saturated carbocycles. The number of aromatic nitrogens is 1. The smallest absolute Gasteiger partial charge is 0.254 e. The van der Waals surface area contributed by atoms with E-state index in [0.29, 0.717) is 0 Å². The van der Waals surface area contributed by atoms with Crippen LogP contribution in [-0.4, -0.2) is 41.6 Å². The molecule has 0 unspecified atom stereocenters. The summed E-state index contributed by atoms with van der Waals surface area (Å²) >= 11 is 0. The van der Waals surface area contributed by atoms with Gasteiger partial charge in [0.2, 0.25) is 0 Å². The van der Waals surface area contributed by atoms with Crippen LogP contribution in [0.3, 0.4) is 0 Å². The quantitative estimate of drug-likeness (QED) is 0.504. The maximum absolute atomic E-state index is 13.3. The second kappa shape index (κ2) is 9.24. The number of carbonyl (C=O) groups excluding carboxylic acids is 1. The van der Waals surface area contributed by atoms with E-state index in [0.717, 1.165) is 44.8 Å². The summed E-state index contributed by atoms with van der Waals surface area (Å²) in [5.41, 5.74) is 7.16. The maximum atomic E-state index is 13.3. The molecule has 1 aromatic heterocycles. The van der Waals surface area contributed by atoms with Crippen LogP contribution in [0.1, 0.15) is 32.7 Å². The fourth-order valence-corrected chi connectivity index (χ4v) is 5.02. The molecule has 168 valence electrons. The Morgan fingerprint density at radius 1 is 0.848 bits per heavy atom. The molecular formula is C29H32N3O+. The van der Waals surface area contributed by atoms with E-state index in [1.54, 1.807) is 4.90 Å². The second-order valence-electron chi connectivity index (χ2n) is 9.22. The summed E-state index contributed by atoms with van der Waals surface area (Å²) in [5.74, 6) is 0.156. The van der Waals surface area contributed by atoms with Crippen LogP contribution in [0.25, 0.3) is 10.9 Å². The summed E-state index contributed by atoms with van der Waals surface area (Å²) in [6.45, 7) is 9.83. The topological polar surface area (TPSA) is 29.7 Å². The summed E-state index contributed by atoms with van der Waals surface area (Å²) in [5, 5.41) is 1.18. The molecule has 5 rings (SSSR count). The molecule has 4 nitrogen and oxygen atoms in total. The first kappa shape index (κ1) is 21.5. The third-order valence-electron chi connectivity index (χ3n) is 7.12. The Morgan fingerprint density at radius 2 is 1.48 bits per heavy atom. The number of rotatable bonds is 5. The molecule has 0 atom stereocenters. The lowest BCUT2D eigenvalue weighted by atomic mass is 10.1. The van der Waals surface area contributed by atoms with Gasteiger partial charge in [0.1, 0.15) is 6.54 Å². The lowest BCUT2D eigenvalue weighted by Gasteiger charge is -2.32. The second-order valence-corrected chi connectivity index (χ2v) is 9.22. The van der Waals surface area contributed by atoms with E-state index in [1.807, 2.05) is 11.0 Å². The average Bonchev–Trinajstić information content (AvgIpc) is 3.09. The normalized spacial score (nSPS) is 14.7. The summed E-state index contributed by atoms with van der Waals surface area (Å²) in [6.07, 6.45) is 0. The van der Waals surface area contributed by atoms with Gasteiger partial charge in [0.25, 0.3) is 5.91 Å². The highest BCUT2D eigenvalue weighted by Crippen LogP contribution is 2.27. The Morgan fingerprint density at radius 3 is 2.15 bits per heavy atom. The Bertz CT molecular complexity index is 1250. The molecule has 1 aliphatic rings. The third-order valence-corrected chi connectivity index (χ3v) is 7.12. The Hall–Kier alpha value is -3.37. The van der Waals surface area contributed by atoms with Gasteiger partial charge in [0, 0.05) is 34.3 Å². The van der Waals surface area contributed by atoms with Gasteiger partial charge in [-0.2, -0.15) is 0 Å². The van der Waals surface area contributed by atoms with E-state index in [4.69, 9.17) is 0 Å². The Balaban J connectivity index is 1.31. The highest BCUT2D eigenvalue weighted by Gasteiger charge is 2.25. The molecule has 1 aliphatic heterocycles. The van der Waals surface area contributed by atoms with E-state index in [-0.39, 0.29) is 5.91 Å². The van der Waals surface area contributed by atoms with Gasteiger partial charge in [-0.15, -0.1) is 0 Å². The molecular weight excluding hydrogens is 406 g/mol. The molecule has 0 radical (unpaired) electrons. The number of benzene rings is 3. The summed E-state index contributed by atoms with van der Waals surface area (Å²) in [4.78, 5) is 16.9. The number of amides is 1. The fourth-order valence-electron chi connectivity index (χ4n) is 5.02. The fraction of sp³-hybridized carbons (Fsp3) is 0.276. The number of quaternary nitrogens is 1. The van der Waals surface area contributed by atoms with Crippen molar-refractivity contribution in [3.8, 4) is 0 Å². The first-order chi connectivity index (χ1) is 16.1. The first-order valence-corrected chi connectivity index (χ1v) is 11.9. The number of nitrogens with one attached hydrogen (secondary N) is 1. The van der Waals surface area contributed by atoms with Crippen LogP contribution in [0, 0.1) is 13.8 Å². The van der Waals surface area contributed by atoms with Gasteiger partial charge in [-0.25, -0.2) is 0 Å². The predicted octanol–water partition coefficient (Wildman–Crippen LogP) is 3.85. The molecule has 0 spiro atoms. The van der Waals surface area contributed by atoms with Crippen molar-refractivity contribution in [3.05, 3.63) is 107 Å². The van der Waals surface area contributed by atoms with Gasteiger partial charge in [-0.05, 0) is 43.2 Å². The third kappa shape index (κ3) is 4.44. The van der Waals surface area contributed by atoms with Crippen LogP contribution in [0.4, 0.5) is 0 Å². The highest BCUT2D eigenvalue weighted by molar-refractivity contribution is 5.99. The number of nitrogens with zero attached hydrogens (tertiary/aromatic N) is 2. The van der Waals surface area contributed by atoms with Gasteiger partial charge in [0.15, 0.2) is 0 Å². The number of fused-ring (bicyclic) bond motifs is 1. The van der Waals surface area contributed by atoms with Crippen molar-refractivity contribution in [2.75, 3.05) is 26.2 Å². The Labute approximate surface area is 196 Å². The lowest BCUT2D eigenvalue weighted by Crippen LogP contribution is -3.13. The molecule has 0 aliphatic carbocycles. The van der Waals surface area contributed by atoms with Gasteiger partial charge < -0.3 is 14.4 Å². The summed E-state index contributed by atoms with van der Waals surface area (Å²) in [7, 11) is 0. The van der Waals surface area contributed by atoms with Crippen molar-refractivity contribution in [1.82, 2.24) is 9.47 Å². The van der Waals surface area contributed by atoms with Gasteiger partial charge in [0.05, 0.1) is 26.2 Å². The zero-order valence-electron chi connectivity index (χ0n) is 19.6. The van der Waals surface area contributed by atoms with Crippen LogP contribution in [0.15, 0.2) is 78.9 Å². The van der Waals surface area contributed by atoms with E-state index in [2.05, 4.69) is 91.2 Å². The van der Waals surface area contributed by atoms with E-state index < -0.39 is 0 Å². The van der Waals surface area contributed by atoms with Crippen molar-refractivity contribution in [3.63, 3.8) is 0 Å². The van der Waals surface area contributed by atoms with Gasteiger partial charge in [-0.3, -0.25) is 4.79 Å². The molecule has 33 heavy (non-hydrogen) atoms. The van der Waals surface area contributed by atoms with Crippen LogP contribution in [-0.2, 0) is 13.1 Å². The molecule has 0 bridgehead atoms. The van der Waals surface area contributed by atoms with E-state index >= 15 is 0 Å². The molecule has 1 N–H and O–H groups in total. The number of aryl methyl sites for hydroxylation is 1. The van der Waals surface area contributed by atoms with Crippen LogP contribution >= 0.6 is 0 Å². The molecule has 1 saturated heterocycles. The average molecular weight is 439 g/mol. The highest BCUT2D eigenvalue weighted by atomic mass is 16.2. The molecule has 3 aromatic carbocycles. The van der Waals surface area contributed by atoms with E-state index in [1.165, 1.54) is 33.3 Å². The minimum Gasteiger partial charge on any atom is -0.340 e. The van der Waals surface area contributed by atoms with Crippen molar-refractivity contribution in [1.29, 1.82) is 0 Å². The van der Waals surface area contributed by atoms with Gasteiger partial charge in [-0.1, -0.05) is 60.7 Å². The zero-order valence-corrected chi connectivity index (χ0v) is 19.6. The Kier molecular flexibility index (Phi) is 6.01. The lowest BCUT2D eigenvalue weighted by molar-refractivity contribution is -0.917. The number of piperazine rings is 1. The van der Waals surface area contributed by atoms with Crippen LogP contribution < -0.4 is 4.90 Å². The minimum absolute atomic E-state index is 0.156.